The van der Waals surface area contributed by atoms with E-state index in [1.54, 1.807) is 6.07 Å². The molecule has 2 N–H and O–H groups in total. The van der Waals surface area contributed by atoms with E-state index < -0.39 is 30.4 Å². The zero-order valence-electron chi connectivity index (χ0n) is 15.0. The van der Waals surface area contributed by atoms with E-state index in [1.807, 2.05) is 30.3 Å². The molecule has 1 heterocycles. The zero-order valence-corrected chi connectivity index (χ0v) is 15.0. The van der Waals surface area contributed by atoms with E-state index >= 15 is 0 Å². The fourth-order valence-electron chi connectivity index (χ4n) is 2.26. The minimum Gasteiger partial charge on any atom is -0.459 e. The van der Waals surface area contributed by atoms with E-state index in [0.29, 0.717) is 13.2 Å². The van der Waals surface area contributed by atoms with Crippen LogP contribution in [0.1, 0.15) is 16.1 Å². The van der Waals surface area contributed by atoms with Crippen LogP contribution in [0.25, 0.3) is 0 Å². The lowest BCUT2D eigenvalue weighted by Crippen LogP contribution is -2.44. The predicted octanol–water partition coefficient (Wildman–Crippen LogP) is 0.927. The number of carbonyl (C=O) groups excluding carboxylic acids is 3. The third kappa shape index (κ3) is 6.95. The second-order valence-electron chi connectivity index (χ2n) is 5.64. The second kappa shape index (κ2) is 10.8. The predicted molar refractivity (Wildman–Crippen MR) is 96.0 cm³/mol. The van der Waals surface area contributed by atoms with Gasteiger partial charge in [0.2, 0.25) is 0 Å². The lowest BCUT2D eigenvalue weighted by Gasteiger charge is -2.17. The smallest absolute Gasteiger partial charge is 0.329 e. The third-order valence-corrected chi connectivity index (χ3v) is 3.59. The van der Waals surface area contributed by atoms with Crippen LogP contribution in [0.3, 0.4) is 0 Å². The van der Waals surface area contributed by atoms with E-state index in [-0.39, 0.29) is 12.2 Å². The van der Waals surface area contributed by atoms with Crippen LogP contribution >= 0.6 is 0 Å². The zero-order chi connectivity index (χ0) is 19.5. The average Bonchev–Trinajstić information content (AvgIpc) is 3.21. The Balaban J connectivity index is 1.96. The summed E-state index contributed by atoms with van der Waals surface area (Å²) in [5.41, 5.74) is 0.837. The van der Waals surface area contributed by atoms with Gasteiger partial charge in [0, 0.05) is 20.1 Å². The molecule has 0 unspecified atom stereocenters. The van der Waals surface area contributed by atoms with E-state index in [0.717, 1.165) is 5.56 Å². The highest BCUT2D eigenvalue weighted by atomic mass is 16.5. The molecule has 144 valence electrons. The fraction of sp³-hybridized carbons (Fsp3) is 0.316. The molecule has 2 aromatic rings. The number of esters is 1. The SMILES string of the molecule is COCCNC(=O)COC(=O)[C@H](Cc1ccccc1)NC(=O)c1ccco1. The van der Waals surface area contributed by atoms with Crippen molar-refractivity contribution >= 4 is 17.8 Å². The van der Waals surface area contributed by atoms with Crippen molar-refractivity contribution in [2.75, 3.05) is 26.9 Å². The van der Waals surface area contributed by atoms with Gasteiger partial charge in [-0.15, -0.1) is 0 Å². The van der Waals surface area contributed by atoms with E-state index in [4.69, 9.17) is 13.9 Å². The van der Waals surface area contributed by atoms with Crippen LogP contribution in [0.15, 0.2) is 53.1 Å². The number of ether oxygens (including phenoxy) is 2. The van der Waals surface area contributed by atoms with Gasteiger partial charge >= 0.3 is 5.97 Å². The van der Waals surface area contributed by atoms with Gasteiger partial charge in [0.25, 0.3) is 11.8 Å². The van der Waals surface area contributed by atoms with Gasteiger partial charge in [-0.25, -0.2) is 4.79 Å². The monoisotopic (exact) mass is 374 g/mol. The molecular formula is C19H22N2O6. The van der Waals surface area contributed by atoms with Gasteiger partial charge in [-0.1, -0.05) is 30.3 Å². The molecule has 0 radical (unpaired) electrons. The molecule has 27 heavy (non-hydrogen) atoms. The van der Waals surface area contributed by atoms with Gasteiger partial charge < -0.3 is 24.5 Å². The molecule has 8 nitrogen and oxygen atoms in total. The maximum absolute atomic E-state index is 12.4. The molecule has 0 spiro atoms. The van der Waals surface area contributed by atoms with Gasteiger partial charge in [0.15, 0.2) is 12.4 Å². The van der Waals surface area contributed by atoms with Crippen LogP contribution in [-0.4, -0.2) is 50.7 Å². The molecular weight excluding hydrogens is 352 g/mol. The van der Waals surface area contributed by atoms with Crippen LogP contribution in [-0.2, 0) is 25.5 Å². The van der Waals surface area contributed by atoms with Crippen molar-refractivity contribution in [3.63, 3.8) is 0 Å². The first-order valence-electron chi connectivity index (χ1n) is 8.40. The summed E-state index contributed by atoms with van der Waals surface area (Å²) in [6, 6.07) is 11.3. The highest BCUT2D eigenvalue weighted by molar-refractivity contribution is 5.94. The first kappa shape index (κ1) is 20.2. The average molecular weight is 374 g/mol. The number of nitrogens with one attached hydrogen (secondary N) is 2. The number of benzene rings is 1. The van der Waals surface area contributed by atoms with Crippen LogP contribution < -0.4 is 10.6 Å². The van der Waals surface area contributed by atoms with Gasteiger partial charge in [-0.2, -0.15) is 0 Å². The van der Waals surface area contributed by atoms with E-state index in [2.05, 4.69) is 10.6 Å². The van der Waals surface area contributed by atoms with Gasteiger partial charge in [0.05, 0.1) is 12.9 Å². The number of amides is 2. The molecule has 1 aromatic heterocycles. The first-order chi connectivity index (χ1) is 13.1. The number of hydrogen-bond donors (Lipinski definition) is 2. The summed E-state index contributed by atoms with van der Waals surface area (Å²) in [5.74, 6) is -1.61. The van der Waals surface area contributed by atoms with Crippen molar-refractivity contribution in [1.29, 1.82) is 0 Å². The van der Waals surface area contributed by atoms with Gasteiger partial charge in [-0.3, -0.25) is 9.59 Å². The molecule has 8 heteroatoms. The Morgan fingerprint density at radius 2 is 1.89 bits per heavy atom. The standard InChI is InChI=1S/C19H22N2O6/c1-25-11-9-20-17(22)13-27-19(24)15(12-14-6-3-2-4-7-14)21-18(23)16-8-5-10-26-16/h2-8,10,15H,9,11-13H2,1H3,(H,20,22)(H,21,23)/t15-/m0/s1. The van der Waals surface area contributed by atoms with Crippen molar-refractivity contribution in [2.24, 2.45) is 0 Å². The number of hydrogen-bond acceptors (Lipinski definition) is 6. The Labute approximate surface area is 156 Å². The summed E-state index contributed by atoms with van der Waals surface area (Å²) in [6.07, 6.45) is 1.58. The van der Waals surface area contributed by atoms with Crippen molar-refractivity contribution in [1.82, 2.24) is 10.6 Å². The molecule has 0 saturated carbocycles. The summed E-state index contributed by atoms with van der Waals surface area (Å²) < 4.78 is 14.9. The van der Waals surface area contributed by atoms with Crippen molar-refractivity contribution in [3.05, 3.63) is 60.1 Å². The summed E-state index contributed by atoms with van der Waals surface area (Å²) in [7, 11) is 1.52. The quantitative estimate of drug-likeness (QED) is 0.473. The Morgan fingerprint density at radius 1 is 1.11 bits per heavy atom. The molecule has 1 aromatic carbocycles. The van der Waals surface area contributed by atoms with Crippen molar-refractivity contribution in [3.8, 4) is 0 Å². The lowest BCUT2D eigenvalue weighted by atomic mass is 10.1. The van der Waals surface area contributed by atoms with E-state index in [9.17, 15) is 14.4 Å². The topological polar surface area (TPSA) is 107 Å². The summed E-state index contributed by atoms with van der Waals surface area (Å²) >= 11 is 0. The fourth-order valence-corrected chi connectivity index (χ4v) is 2.26. The maximum atomic E-state index is 12.4. The number of rotatable bonds is 10. The third-order valence-electron chi connectivity index (χ3n) is 3.59. The van der Waals surface area contributed by atoms with Gasteiger partial charge in [0.1, 0.15) is 6.04 Å². The molecule has 0 bridgehead atoms. The molecule has 0 saturated heterocycles. The van der Waals surface area contributed by atoms with Crippen molar-refractivity contribution < 1.29 is 28.3 Å². The maximum Gasteiger partial charge on any atom is 0.329 e. The highest BCUT2D eigenvalue weighted by Crippen LogP contribution is 2.07. The first-order valence-corrected chi connectivity index (χ1v) is 8.40. The Kier molecular flexibility index (Phi) is 8.05. The van der Waals surface area contributed by atoms with Crippen LogP contribution in [0.2, 0.25) is 0 Å². The Hall–Kier alpha value is -3.13. The number of methoxy groups -OCH3 is 1. The summed E-state index contributed by atoms with van der Waals surface area (Å²) in [6.45, 7) is 0.232. The Bertz CT molecular complexity index is 730. The normalized spacial score (nSPS) is 11.4. The number of furan rings is 1. The highest BCUT2D eigenvalue weighted by Gasteiger charge is 2.25. The summed E-state index contributed by atoms with van der Waals surface area (Å²) in [5, 5.41) is 5.13. The largest absolute Gasteiger partial charge is 0.459 e. The molecule has 0 fully saturated rings. The van der Waals surface area contributed by atoms with Gasteiger partial charge in [-0.05, 0) is 17.7 Å². The lowest BCUT2D eigenvalue weighted by molar-refractivity contribution is -0.150. The van der Waals surface area contributed by atoms with Crippen LogP contribution in [0.4, 0.5) is 0 Å². The minimum atomic E-state index is -0.961. The van der Waals surface area contributed by atoms with Crippen LogP contribution in [0, 0.1) is 0 Å². The minimum absolute atomic E-state index is 0.0816. The Morgan fingerprint density at radius 3 is 2.56 bits per heavy atom. The molecule has 0 aliphatic carbocycles. The molecule has 2 amide bonds. The molecule has 1 atom stereocenters. The van der Waals surface area contributed by atoms with Crippen LogP contribution in [0.5, 0.6) is 0 Å². The van der Waals surface area contributed by atoms with E-state index in [1.165, 1.54) is 19.4 Å². The summed E-state index contributed by atoms with van der Waals surface area (Å²) in [4.78, 5) is 36.3. The second-order valence-corrected chi connectivity index (χ2v) is 5.64. The molecule has 0 aliphatic rings. The van der Waals surface area contributed by atoms with Crippen molar-refractivity contribution in [2.45, 2.75) is 12.5 Å². The number of carbonyl (C=O) groups is 3. The molecule has 0 aliphatic heterocycles. The molecule has 2 rings (SSSR count).